The minimum absolute atomic E-state index is 0.226. The molecule has 128 valence electrons. The number of hydrogen-bond donors (Lipinski definition) is 0. The summed E-state index contributed by atoms with van der Waals surface area (Å²) in [7, 11) is 0. The maximum absolute atomic E-state index is 14.0. The number of carbonyl (C=O) groups is 1. The van der Waals surface area contributed by atoms with Gasteiger partial charge in [0, 0.05) is 12.8 Å². The molecule has 2 atom stereocenters. The molecule has 10 heteroatoms. The molecule has 1 heterocycles. The highest BCUT2D eigenvalue weighted by Crippen LogP contribution is 2.46. The zero-order valence-electron chi connectivity index (χ0n) is 11.5. The molecule has 0 saturated heterocycles. The molecule has 0 unspecified atom stereocenters. The van der Waals surface area contributed by atoms with Crippen LogP contribution in [0.2, 0.25) is 0 Å². The Balaban J connectivity index is 2.06. The lowest BCUT2D eigenvalue weighted by Gasteiger charge is -2.29. The molecule has 0 spiro atoms. The van der Waals surface area contributed by atoms with Crippen LogP contribution in [0.15, 0.2) is 0 Å². The number of nitrogens with zero attached hydrogens (tertiary/aromatic N) is 2. The van der Waals surface area contributed by atoms with Crippen LogP contribution >= 0.6 is 0 Å². The van der Waals surface area contributed by atoms with E-state index in [1.54, 1.807) is 0 Å². The van der Waals surface area contributed by atoms with E-state index in [2.05, 4.69) is 5.10 Å². The van der Waals surface area contributed by atoms with E-state index in [0.717, 1.165) is 0 Å². The smallest absolute Gasteiger partial charge is 0.291 e. The predicted molar refractivity (Wildman–Crippen MR) is 62.8 cm³/mol. The molecule has 1 aromatic heterocycles. The Labute approximate surface area is 125 Å². The van der Waals surface area contributed by atoms with Gasteiger partial charge in [0.25, 0.3) is 0 Å². The maximum atomic E-state index is 14.0. The van der Waals surface area contributed by atoms with Crippen molar-refractivity contribution < 1.29 is 35.5 Å². The van der Waals surface area contributed by atoms with Crippen molar-refractivity contribution in [2.75, 3.05) is 0 Å². The van der Waals surface area contributed by atoms with Crippen molar-refractivity contribution in [1.29, 1.82) is 0 Å². The van der Waals surface area contributed by atoms with Gasteiger partial charge in [-0.3, -0.25) is 9.48 Å². The Hall–Kier alpha value is -1.61. The topological polar surface area (TPSA) is 34.9 Å². The number of halogens is 7. The molecule has 23 heavy (non-hydrogen) atoms. The van der Waals surface area contributed by atoms with Gasteiger partial charge in [-0.1, -0.05) is 0 Å². The second kappa shape index (κ2) is 4.94. The Kier molecular flexibility index (Phi) is 3.49. The Morgan fingerprint density at radius 1 is 1.09 bits per heavy atom. The van der Waals surface area contributed by atoms with Gasteiger partial charge in [0.1, 0.15) is 0 Å². The third-order valence-electron chi connectivity index (χ3n) is 4.26. The minimum Gasteiger partial charge on any atom is -0.291 e. The summed E-state index contributed by atoms with van der Waals surface area (Å²) in [5, 5.41) is 3.23. The molecule has 0 aliphatic heterocycles. The van der Waals surface area contributed by atoms with Gasteiger partial charge in [-0.15, -0.1) is 0 Å². The normalized spacial score (nSPS) is 28.2. The van der Waals surface area contributed by atoms with E-state index in [1.165, 1.54) is 0 Å². The van der Waals surface area contributed by atoms with Crippen LogP contribution in [0.4, 0.5) is 30.7 Å². The number of alkyl halides is 7. The van der Waals surface area contributed by atoms with Crippen molar-refractivity contribution in [3.05, 3.63) is 17.0 Å². The average Bonchev–Trinajstić information content (AvgIpc) is 2.93. The van der Waals surface area contributed by atoms with Crippen molar-refractivity contribution in [2.24, 2.45) is 0 Å². The van der Waals surface area contributed by atoms with Gasteiger partial charge in [0.05, 0.1) is 17.3 Å². The van der Waals surface area contributed by atoms with Crippen molar-refractivity contribution >= 4 is 5.78 Å². The molecule has 0 radical (unpaired) electrons. The molecule has 3 nitrogen and oxygen atoms in total. The van der Waals surface area contributed by atoms with Crippen molar-refractivity contribution in [1.82, 2.24) is 9.78 Å². The zero-order valence-corrected chi connectivity index (χ0v) is 11.5. The van der Waals surface area contributed by atoms with E-state index in [1.807, 2.05) is 0 Å². The average molecular weight is 344 g/mol. The van der Waals surface area contributed by atoms with E-state index in [0.29, 0.717) is 4.68 Å². The van der Waals surface area contributed by atoms with Crippen LogP contribution in [-0.2, 0) is 6.18 Å². The first-order valence-electron chi connectivity index (χ1n) is 6.93. The quantitative estimate of drug-likeness (QED) is 0.716. The molecule has 2 aliphatic carbocycles. The summed E-state index contributed by atoms with van der Waals surface area (Å²) >= 11 is 0. The van der Waals surface area contributed by atoms with Gasteiger partial charge < -0.3 is 0 Å². The molecule has 0 aromatic carbocycles. The predicted octanol–water partition coefficient (Wildman–Crippen LogP) is 4.20. The summed E-state index contributed by atoms with van der Waals surface area (Å²) < 4.78 is 93.3. The van der Waals surface area contributed by atoms with E-state index >= 15 is 0 Å². The van der Waals surface area contributed by atoms with Crippen molar-refractivity contribution in [2.45, 2.75) is 56.2 Å². The van der Waals surface area contributed by atoms with E-state index in [9.17, 15) is 35.5 Å². The van der Waals surface area contributed by atoms with Crippen molar-refractivity contribution in [3.8, 4) is 0 Å². The summed E-state index contributed by atoms with van der Waals surface area (Å²) in [6.45, 7) is 0. The highest BCUT2D eigenvalue weighted by Gasteiger charge is 2.52. The van der Waals surface area contributed by atoms with Crippen LogP contribution in [0.25, 0.3) is 0 Å². The molecular weight excluding hydrogens is 333 g/mol. The van der Waals surface area contributed by atoms with Gasteiger partial charge in [-0.25, -0.2) is 17.6 Å². The van der Waals surface area contributed by atoms with Crippen LogP contribution in [0, 0.1) is 0 Å². The molecule has 0 amide bonds. The van der Waals surface area contributed by atoms with Crippen LogP contribution in [-0.4, -0.2) is 27.7 Å². The zero-order chi connectivity index (χ0) is 17.2. The molecule has 3 rings (SSSR count). The number of carbonyl (C=O) groups excluding carboxylic acids is 1. The lowest BCUT2D eigenvalue weighted by atomic mass is 9.92. The fourth-order valence-corrected chi connectivity index (χ4v) is 3.11. The van der Waals surface area contributed by atoms with Crippen LogP contribution in [0.1, 0.15) is 59.6 Å². The van der Waals surface area contributed by atoms with Gasteiger partial charge in [-0.05, 0) is 12.8 Å². The summed E-state index contributed by atoms with van der Waals surface area (Å²) in [4.78, 5) is 11.6. The summed E-state index contributed by atoms with van der Waals surface area (Å²) in [5.41, 5.74) is -3.56. The van der Waals surface area contributed by atoms with E-state index in [-0.39, 0.29) is 12.8 Å². The van der Waals surface area contributed by atoms with Gasteiger partial charge in [0.2, 0.25) is 11.7 Å². The fraction of sp³-hybridized carbons (Fsp3) is 0.692. The van der Waals surface area contributed by atoms with Crippen molar-refractivity contribution in [3.63, 3.8) is 0 Å². The van der Waals surface area contributed by atoms with E-state index in [4.69, 9.17) is 0 Å². The highest BCUT2D eigenvalue weighted by atomic mass is 19.4. The minimum atomic E-state index is -5.06. The largest absolute Gasteiger partial charge is 0.435 e. The number of ketones is 1. The first-order valence-corrected chi connectivity index (χ1v) is 6.93. The number of aromatic nitrogens is 2. The second-order valence-corrected chi connectivity index (χ2v) is 5.81. The lowest BCUT2D eigenvalue weighted by Crippen LogP contribution is -2.28. The first-order chi connectivity index (χ1) is 10.5. The monoisotopic (exact) mass is 344 g/mol. The van der Waals surface area contributed by atoms with E-state index < -0.39 is 66.1 Å². The lowest BCUT2D eigenvalue weighted by molar-refractivity contribution is -0.142. The fourth-order valence-electron chi connectivity index (χ4n) is 3.11. The molecule has 1 fully saturated rings. The molecule has 1 aromatic rings. The van der Waals surface area contributed by atoms with Gasteiger partial charge in [-0.2, -0.15) is 18.3 Å². The highest BCUT2D eigenvalue weighted by molar-refractivity contribution is 6.05. The Morgan fingerprint density at radius 2 is 1.65 bits per heavy atom. The second-order valence-electron chi connectivity index (χ2n) is 5.81. The Bertz CT molecular complexity index is 641. The number of hydrogen-bond acceptors (Lipinski definition) is 2. The van der Waals surface area contributed by atoms with Crippen LogP contribution in [0.5, 0.6) is 0 Å². The Morgan fingerprint density at radius 3 is 2.17 bits per heavy atom. The van der Waals surface area contributed by atoms with Gasteiger partial charge in [0.15, 0.2) is 18.0 Å². The third kappa shape index (κ3) is 2.51. The molecule has 2 aliphatic rings. The number of fused-ring (bicyclic) bond motifs is 1. The number of Topliss-reactive ketones (excluding diaryl/α,β-unsaturated/α-hetero) is 1. The number of rotatable bonds is 1. The molecule has 0 bridgehead atoms. The van der Waals surface area contributed by atoms with Crippen LogP contribution in [0.3, 0.4) is 0 Å². The SMILES string of the molecule is O=C1c2c(C(F)(F)F)nn(C3CCC(F)(F)CC3)c2[C@@H](F)[C@@H]1F. The molecule has 1 saturated carbocycles. The summed E-state index contributed by atoms with van der Waals surface area (Å²) in [6.07, 6.45) is -12.0. The third-order valence-corrected chi connectivity index (χ3v) is 4.26. The first kappa shape index (κ1) is 16.3. The molecule has 0 N–H and O–H groups in total. The maximum Gasteiger partial charge on any atom is 0.435 e. The summed E-state index contributed by atoms with van der Waals surface area (Å²) in [5.74, 6) is -4.54. The summed E-state index contributed by atoms with van der Waals surface area (Å²) in [6, 6.07) is -0.921. The molecular formula is C13H11F7N2O. The van der Waals surface area contributed by atoms with Crippen LogP contribution < -0.4 is 0 Å². The standard InChI is InChI=1S/C13H11F7N2O/c14-7-8(15)10(23)6-9(7)22(21-11(6)13(18,19)20)5-1-3-12(16,17)4-2-5/h5,7-8H,1-4H2/t7-,8-/m0/s1. The van der Waals surface area contributed by atoms with Gasteiger partial charge >= 0.3 is 6.18 Å².